The number of carbonyl (C=O) groups excluding carboxylic acids is 2. The number of nitrogens with zero attached hydrogens (tertiary/aromatic N) is 3. The minimum absolute atomic E-state index is 0.0879. The van der Waals surface area contributed by atoms with E-state index in [1.807, 2.05) is 44.2 Å². The Labute approximate surface area is 268 Å². The summed E-state index contributed by atoms with van der Waals surface area (Å²) < 4.78 is 23.7. The normalized spacial score (nSPS) is 17.0. The third-order valence-corrected chi connectivity index (χ3v) is 9.24. The van der Waals surface area contributed by atoms with E-state index < -0.39 is 17.7 Å². The number of amides is 1. The van der Waals surface area contributed by atoms with Crippen LogP contribution in [-0.2, 0) is 15.3 Å². The Hall–Kier alpha value is -4.55. The van der Waals surface area contributed by atoms with Crippen molar-refractivity contribution < 1.29 is 33.6 Å². The fourth-order valence-electron chi connectivity index (χ4n) is 5.06. The van der Waals surface area contributed by atoms with Gasteiger partial charge in [-0.1, -0.05) is 66.4 Å². The fraction of sp³-hybridized carbons (Fsp3) is 0.273. The predicted octanol–water partition coefficient (Wildman–Crippen LogP) is 6.42. The summed E-state index contributed by atoms with van der Waals surface area (Å²) in [7, 11) is 0. The molecule has 1 fully saturated rings. The number of carbonyl (C=O) groups is 2. The van der Waals surface area contributed by atoms with Gasteiger partial charge in [-0.25, -0.2) is 0 Å². The van der Waals surface area contributed by atoms with Crippen molar-refractivity contribution >= 4 is 45.7 Å². The molecule has 2 aliphatic heterocycles. The summed E-state index contributed by atoms with van der Waals surface area (Å²) in [5.74, 6) is 0.643. The minimum Gasteiger partial charge on any atom is -0.507 e. The molecule has 1 aromatic heterocycles. The Morgan fingerprint density at radius 2 is 1.78 bits per heavy atom. The summed E-state index contributed by atoms with van der Waals surface area (Å²) in [4.78, 5) is 28.8. The lowest BCUT2D eigenvalue weighted by Crippen LogP contribution is -2.29. The Morgan fingerprint density at radius 3 is 2.56 bits per heavy atom. The summed E-state index contributed by atoms with van der Waals surface area (Å²) in [6.45, 7) is 5.51. The van der Waals surface area contributed by atoms with Gasteiger partial charge < -0.3 is 24.1 Å². The summed E-state index contributed by atoms with van der Waals surface area (Å²) in [5, 5.41) is 20.5. The van der Waals surface area contributed by atoms with Crippen molar-refractivity contribution in [3.05, 3.63) is 89.0 Å². The van der Waals surface area contributed by atoms with Crippen molar-refractivity contribution in [1.82, 2.24) is 10.2 Å². The number of ketones is 1. The third kappa shape index (κ3) is 6.34. The number of ether oxygens (including phenoxy) is 4. The van der Waals surface area contributed by atoms with Crippen LogP contribution in [0.5, 0.6) is 23.0 Å². The van der Waals surface area contributed by atoms with Gasteiger partial charge in [-0.2, -0.15) is 0 Å². The van der Waals surface area contributed by atoms with Gasteiger partial charge in [0.1, 0.15) is 19.0 Å². The van der Waals surface area contributed by atoms with Crippen LogP contribution < -0.4 is 23.8 Å². The molecule has 232 valence electrons. The molecule has 0 spiro atoms. The molecule has 1 saturated heterocycles. The van der Waals surface area contributed by atoms with Crippen molar-refractivity contribution in [2.45, 2.75) is 36.4 Å². The highest BCUT2D eigenvalue weighted by molar-refractivity contribution is 8.00. The van der Waals surface area contributed by atoms with E-state index in [-0.39, 0.29) is 16.5 Å². The maximum Gasteiger partial charge on any atom is 0.301 e. The molecule has 0 bridgehead atoms. The van der Waals surface area contributed by atoms with Crippen LogP contribution in [0, 0.1) is 0 Å². The first-order chi connectivity index (χ1) is 22.0. The van der Waals surface area contributed by atoms with Crippen molar-refractivity contribution in [1.29, 1.82) is 0 Å². The first-order valence-electron chi connectivity index (χ1n) is 14.6. The number of benzene rings is 3. The molecule has 6 rings (SSSR count). The predicted molar refractivity (Wildman–Crippen MR) is 172 cm³/mol. The van der Waals surface area contributed by atoms with Crippen LogP contribution in [0.1, 0.15) is 43.0 Å². The maximum atomic E-state index is 13.7. The average molecular weight is 646 g/mol. The molecule has 0 unspecified atom stereocenters. The lowest BCUT2D eigenvalue weighted by molar-refractivity contribution is -0.132. The summed E-state index contributed by atoms with van der Waals surface area (Å²) >= 11 is 2.69. The highest BCUT2D eigenvalue weighted by Crippen LogP contribution is 2.46. The number of aliphatic hydroxyl groups excluding tert-OH is 1. The molecular formula is C33H31N3O7S2. The van der Waals surface area contributed by atoms with E-state index >= 15 is 0 Å². The number of aromatic nitrogens is 2. The number of anilines is 1. The van der Waals surface area contributed by atoms with Crippen LogP contribution in [-0.4, -0.2) is 53.4 Å². The lowest BCUT2D eigenvalue weighted by atomic mass is 9.95. The largest absolute Gasteiger partial charge is 0.507 e. The van der Waals surface area contributed by atoms with Gasteiger partial charge in [0, 0.05) is 11.3 Å². The van der Waals surface area contributed by atoms with Crippen LogP contribution in [0.3, 0.4) is 0 Å². The second-order valence-corrected chi connectivity index (χ2v) is 12.3. The molecule has 1 atom stereocenters. The molecule has 0 saturated carbocycles. The Balaban J connectivity index is 1.43. The van der Waals surface area contributed by atoms with Crippen LogP contribution >= 0.6 is 23.1 Å². The molecule has 1 amide bonds. The summed E-state index contributed by atoms with van der Waals surface area (Å²) in [5.41, 5.74) is 1.88. The van der Waals surface area contributed by atoms with Crippen molar-refractivity contribution in [2.75, 3.05) is 31.3 Å². The Bertz CT molecular complexity index is 1740. The zero-order valence-electron chi connectivity index (χ0n) is 24.7. The molecule has 10 nitrogen and oxygen atoms in total. The lowest BCUT2D eigenvalue weighted by Gasteiger charge is -2.24. The molecule has 4 aromatic rings. The van der Waals surface area contributed by atoms with Gasteiger partial charge in [-0.15, -0.1) is 10.2 Å². The molecule has 1 N–H and O–H groups in total. The van der Waals surface area contributed by atoms with Crippen LogP contribution in [0.2, 0.25) is 0 Å². The Morgan fingerprint density at radius 1 is 0.978 bits per heavy atom. The third-order valence-electron chi connectivity index (χ3n) is 7.11. The van der Waals surface area contributed by atoms with E-state index in [9.17, 15) is 14.7 Å². The smallest absolute Gasteiger partial charge is 0.301 e. The molecule has 12 heteroatoms. The van der Waals surface area contributed by atoms with Gasteiger partial charge in [0.05, 0.1) is 24.8 Å². The number of aliphatic hydroxyl groups is 1. The van der Waals surface area contributed by atoms with Crippen molar-refractivity contribution in [2.24, 2.45) is 0 Å². The number of rotatable bonds is 11. The summed E-state index contributed by atoms with van der Waals surface area (Å²) in [6.07, 6.45) is 0.810. The van der Waals surface area contributed by atoms with Gasteiger partial charge in [0.25, 0.3) is 5.78 Å². The van der Waals surface area contributed by atoms with Gasteiger partial charge in [-0.3, -0.25) is 14.5 Å². The van der Waals surface area contributed by atoms with E-state index in [1.54, 1.807) is 36.4 Å². The van der Waals surface area contributed by atoms with E-state index in [0.29, 0.717) is 70.6 Å². The van der Waals surface area contributed by atoms with Gasteiger partial charge in [0.15, 0.2) is 27.3 Å². The quantitative estimate of drug-likeness (QED) is 0.0644. The monoisotopic (exact) mass is 645 g/mol. The number of hydrogen-bond acceptors (Lipinski definition) is 11. The molecule has 2 aliphatic rings. The molecular weight excluding hydrogens is 615 g/mol. The van der Waals surface area contributed by atoms with Gasteiger partial charge in [-0.05, 0) is 54.8 Å². The number of hydrogen-bond donors (Lipinski definition) is 1. The number of Topliss-reactive ketones (excluding diaryl/α,β-unsaturated/α-hetero) is 1. The highest BCUT2D eigenvalue weighted by atomic mass is 32.2. The number of fused-ring (bicyclic) bond motifs is 1. The molecule has 0 aliphatic carbocycles. The zero-order chi connectivity index (χ0) is 31.3. The zero-order valence-corrected chi connectivity index (χ0v) is 26.4. The van der Waals surface area contributed by atoms with E-state index in [2.05, 4.69) is 10.2 Å². The topological polar surface area (TPSA) is 120 Å². The van der Waals surface area contributed by atoms with Crippen LogP contribution in [0.25, 0.3) is 5.76 Å². The van der Waals surface area contributed by atoms with E-state index in [4.69, 9.17) is 18.9 Å². The summed E-state index contributed by atoms with van der Waals surface area (Å²) in [6, 6.07) is 19.1. The van der Waals surface area contributed by atoms with E-state index in [1.165, 1.54) is 28.0 Å². The van der Waals surface area contributed by atoms with Crippen LogP contribution in [0.15, 0.2) is 76.6 Å². The SMILES string of the molecule is CCCOc1ccc([C@@H]2C(=C(O)c3ccc4c(c3)OCCO4)C(=O)C(=O)N2c2nnc(SCc3ccccc3)s2)cc1OCC. The highest BCUT2D eigenvalue weighted by Gasteiger charge is 2.48. The maximum absolute atomic E-state index is 13.7. The Kier molecular flexibility index (Phi) is 9.22. The molecule has 3 aromatic carbocycles. The minimum atomic E-state index is -1.02. The van der Waals surface area contributed by atoms with Crippen LogP contribution in [0.4, 0.5) is 5.13 Å². The number of thioether (sulfide) groups is 1. The van der Waals surface area contributed by atoms with Crippen molar-refractivity contribution in [3.8, 4) is 23.0 Å². The van der Waals surface area contributed by atoms with Crippen molar-refractivity contribution in [3.63, 3.8) is 0 Å². The fourth-order valence-corrected chi connectivity index (χ4v) is 6.89. The first-order valence-corrected chi connectivity index (χ1v) is 16.4. The molecule has 0 radical (unpaired) electrons. The molecule has 3 heterocycles. The standard InChI is InChI=1S/C33H31N3O7S2/c1-3-14-41-23-12-10-21(17-25(23)40-4-2)28-27(29(37)22-11-13-24-26(18-22)43-16-15-42-24)30(38)31(39)36(28)32-34-35-33(45-32)44-19-20-8-6-5-7-9-20/h5-13,17-18,28,37H,3-4,14-16,19H2,1-2H3/t28-/m1/s1. The first kappa shape index (κ1) is 30.5. The van der Waals surface area contributed by atoms with E-state index in [0.717, 1.165) is 12.0 Å². The second-order valence-electron chi connectivity index (χ2n) is 10.1. The molecule has 45 heavy (non-hydrogen) atoms. The van der Waals surface area contributed by atoms with Gasteiger partial charge in [0.2, 0.25) is 5.13 Å². The average Bonchev–Trinajstić information content (AvgIpc) is 3.64. The van der Waals surface area contributed by atoms with Gasteiger partial charge >= 0.3 is 5.91 Å². The second kappa shape index (κ2) is 13.6.